The molecular formula is C18H19FN2O2. The maximum absolute atomic E-state index is 13.9. The van der Waals surface area contributed by atoms with E-state index < -0.39 is 5.82 Å². The lowest BCUT2D eigenvalue weighted by molar-refractivity contribution is -0.125. The van der Waals surface area contributed by atoms with Gasteiger partial charge in [-0.3, -0.25) is 14.2 Å². The van der Waals surface area contributed by atoms with Crippen LogP contribution in [0.15, 0.2) is 53.5 Å². The van der Waals surface area contributed by atoms with Gasteiger partial charge in [-0.2, -0.15) is 0 Å². The third-order valence-corrected chi connectivity index (χ3v) is 3.55. The molecule has 0 bridgehead atoms. The third-order valence-electron chi connectivity index (χ3n) is 3.55. The predicted molar refractivity (Wildman–Crippen MR) is 89.2 cm³/mol. The Labute approximate surface area is 134 Å². The van der Waals surface area contributed by atoms with Crippen LogP contribution in [0.2, 0.25) is 0 Å². The Kier molecular flexibility index (Phi) is 5.46. The molecule has 0 unspecified atom stereocenters. The fourth-order valence-corrected chi connectivity index (χ4v) is 2.27. The summed E-state index contributed by atoms with van der Waals surface area (Å²) in [5.74, 6) is -0.757. The van der Waals surface area contributed by atoms with Crippen LogP contribution in [0.5, 0.6) is 0 Å². The van der Waals surface area contributed by atoms with E-state index in [1.165, 1.54) is 29.0 Å². The van der Waals surface area contributed by atoms with E-state index in [2.05, 4.69) is 0 Å². The average Bonchev–Trinajstić information content (AvgIpc) is 2.56. The van der Waals surface area contributed by atoms with Gasteiger partial charge in [0.1, 0.15) is 11.5 Å². The molecule has 2 rings (SSSR count). The normalized spacial score (nSPS) is 11.3. The Morgan fingerprint density at radius 3 is 2.39 bits per heavy atom. The summed E-state index contributed by atoms with van der Waals surface area (Å²) >= 11 is 0. The van der Waals surface area contributed by atoms with Gasteiger partial charge in [-0.1, -0.05) is 24.3 Å². The first kappa shape index (κ1) is 16.7. The molecule has 1 aromatic heterocycles. The lowest BCUT2D eigenvalue weighted by atomic mass is 10.1. The largest absolute Gasteiger partial charge is 0.338 e. The zero-order chi connectivity index (χ0) is 16.8. The summed E-state index contributed by atoms with van der Waals surface area (Å²) in [4.78, 5) is 26.4. The van der Waals surface area contributed by atoms with Crippen molar-refractivity contribution in [1.29, 1.82) is 0 Å². The fourth-order valence-electron chi connectivity index (χ4n) is 2.27. The molecule has 0 radical (unpaired) electrons. The minimum atomic E-state index is -0.443. The van der Waals surface area contributed by atoms with E-state index in [0.29, 0.717) is 13.1 Å². The van der Waals surface area contributed by atoms with Crippen LogP contribution >= 0.6 is 0 Å². The molecule has 0 aliphatic heterocycles. The first-order chi connectivity index (χ1) is 11.1. The smallest absolute Gasteiger partial charge is 0.270 e. The summed E-state index contributed by atoms with van der Waals surface area (Å²) in [5, 5.41) is 0. The number of rotatable bonds is 5. The quantitative estimate of drug-likeness (QED) is 0.796. The summed E-state index contributed by atoms with van der Waals surface area (Å²) in [5.41, 5.74) is 0.0544. The van der Waals surface area contributed by atoms with Gasteiger partial charge in [-0.15, -0.1) is 0 Å². The molecular weight excluding hydrogens is 295 g/mol. The number of nitrogens with zero attached hydrogens (tertiary/aromatic N) is 2. The molecule has 1 amide bonds. The van der Waals surface area contributed by atoms with Crippen molar-refractivity contribution in [3.63, 3.8) is 0 Å². The number of carbonyl (C=O) groups excluding carboxylic acids is 1. The maximum atomic E-state index is 13.9. The molecule has 0 saturated heterocycles. The molecule has 0 atom stereocenters. The van der Waals surface area contributed by atoms with Gasteiger partial charge in [0.25, 0.3) is 11.5 Å². The highest BCUT2D eigenvalue weighted by Crippen LogP contribution is 2.16. The monoisotopic (exact) mass is 314 g/mol. The van der Waals surface area contributed by atoms with Crippen molar-refractivity contribution in [3.05, 3.63) is 70.4 Å². The molecule has 0 spiro atoms. The lowest BCUT2D eigenvalue weighted by Crippen LogP contribution is -2.35. The van der Waals surface area contributed by atoms with E-state index in [9.17, 15) is 14.0 Å². The van der Waals surface area contributed by atoms with Crippen LogP contribution in [0.3, 0.4) is 0 Å². The van der Waals surface area contributed by atoms with Crippen LogP contribution in [0.4, 0.5) is 4.39 Å². The van der Waals surface area contributed by atoms with Gasteiger partial charge in [0.15, 0.2) is 0 Å². The van der Waals surface area contributed by atoms with Crippen LogP contribution in [0.25, 0.3) is 11.8 Å². The van der Waals surface area contributed by atoms with Crippen molar-refractivity contribution in [3.8, 4) is 0 Å². The van der Waals surface area contributed by atoms with Crippen molar-refractivity contribution in [2.45, 2.75) is 13.8 Å². The zero-order valence-corrected chi connectivity index (χ0v) is 13.2. The number of pyridine rings is 1. The number of halogens is 1. The zero-order valence-electron chi connectivity index (χ0n) is 13.2. The van der Waals surface area contributed by atoms with Gasteiger partial charge in [0, 0.05) is 30.9 Å². The summed E-state index contributed by atoms with van der Waals surface area (Å²) in [6.07, 6.45) is 2.92. The first-order valence-corrected chi connectivity index (χ1v) is 7.52. The van der Waals surface area contributed by atoms with Gasteiger partial charge in [-0.25, -0.2) is 4.39 Å². The summed E-state index contributed by atoms with van der Waals surface area (Å²) in [6, 6.07) is 10.8. The van der Waals surface area contributed by atoms with E-state index in [0.717, 1.165) is 0 Å². The van der Waals surface area contributed by atoms with E-state index in [-0.39, 0.29) is 22.7 Å². The highest BCUT2D eigenvalue weighted by atomic mass is 19.1. The number of carbonyl (C=O) groups is 1. The molecule has 0 aliphatic rings. The number of aromatic nitrogens is 1. The fraction of sp³-hybridized carbons (Fsp3) is 0.222. The molecule has 120 valence electrons. The minimum absolute atomic E-state index is 0.129. The minimum Gasteiger partial charge on any atom is -0.338 e. The molecule has 2 aromatic rings. The van der Waals surface area contributed by atoms with Crippen LogP contribution in [0.1, 0.15) is 19.4 Å². The van der Waals surface area contributed by atoms with Gasteiger partial charge in [-0.05, 0) is 32.1 Å². The number of likely N-dealkylation sites (N-methyl/N-ethyl adjacent to an activating group) is 1. The van der Waals surface area contributed by atoms with Crippen molar-refractivity contribution in [1.82, 2.24) is 9.47 Å². The molecule has 4 nitrogen and oxygen atoms in total. The van der Waals surface area contributed by atoms with E-state index in [1.54, 1.807) is 35.2 Å². The highest BCUT2D eigenvalue weighted by molar-refractivity contribution is 6.18. The van der Waals surface area contributed by atoms with Crippen molar-refractivity contribution in [2.75, 3.05) is 13.1 Å². The van der Waals surface area contributed by atoms with E-state index >= 15 is 0 Å². The van der Waals surface area contributed by atoms with Crippen molar-refractivity contribution >= 4 is 17.7 Å². The predicted octanol–water partition coefficient (Wildman–Crippen LogP) is 2.85. The molecule has 0 aliphatic carbocycles. The standard InChI is InChI=1S/C18H19FN2O2/c1-3-20(4-2)18(23)16(21-12-8-7-11-17(21)22)13-14-9-5-6-10-15(14)19/h5-13H,3-4H2,1-2H3. The molecule has 0 saturated carbocycles. The Morgan fingerprint density at radius 2 is 1.78 bits per heavy atom. The second-order valence-corrected chi connectivity index (χ2v) is 4.94. The van der Waals surface area contributed by atoms with Crippen LogP contribution in [-0.2, 0) is 4.79 Å². The molecule has 0 fully saturated rings. The number of benzene rings is 1. The molecule has 1 aromatic carbocycles. The Hall–Kier alpha value is -2.69. The van der Waals surface area contributed by atoms with Gasteiger partial charge in [0.2, 0.25) is 0 Å². The van der Waals surface area contributed by atoms with E-state index in [1.807, 2.05) is 13.8 Å². The summed E-state index contributed by atoms with van der Waals surface area (Å²) < 4.78 is 15.2. The third kappa shape index (κ3) is 3.74. The Bertz CT molecular complexity index is 776. The van der Waals surface area contributed by atoms with Gasteiger partial charge < -0.3 is 4.90 Å². The second-order valence-electron chi connectivity index (χ2n) is 4.94. The Balaban J connectivity index is 2.61. The number of hydrogen-bond acceptors (Lipinski definition) is 2. The number of amides is 1. The van der Waals surface area contributed by atoms with E-state index in [4.69, 9.17) is 0 Å². The highest BCUT2D eigenvalue weighted by Gasteiger charge is 2.18. The second kappa shape index (κ2) is 7.54. The van der Waals surface area contributed by atoms with Gasteiger partial charge in [0.05, 0.1) is 0 Å². The van der Waals surface area contributed by atoms with Crippen molar-refractivity contribution < 1.29 is 9.18 Å². The van der Waals surface area contributed by atoms with Gasteiger partial charge >= 0.3 is 0 Å². The maximum Gasteiger partial charge on any atom is 0.270 e. The molecule has 23 heavy (non-hydrogen) atoms. The summed E-state index contributed by atoms with van der Waals surface area (Å²) in [6.45, 7) is 4.73. The molecule has 1 heterocycles. The lowest BCUT2D eigenvalue weighted by Gasteiger charge is -2.21. The average molecular weight is 314 g/mol. The SMILES string of the molecule is CCN(CC)C(=O)C(=Cc1ccccc1F)n1ccccc1=O. The Morgan fingerprint density at radius 1 is 1.13 bits per heavy atom. The molecule has 0 N–H and O–H groups in total. The number of hydrogen-bond donors (Lipinski definition) is 0. The van der Waals surface area contributed by atoms with Crippen LogP contribution < -0.4 is 5.56 Å². The van der Waals surface area contributed by atoms with Crippen molar-refractivity contribution in [2.24, 2.45) is 0 Å². The summed E-state index contributed by atoms with van der Waals surface area (Å²) in [7, 11) is 0. The molecule has 5 heteroatoms. The first-order valence-electron chi connectivity index (χ1n) is 7.52. The van der Waals surface area contributed by atoms with Crippen LogP contribution in [-0.4, -0.2) is 28.5 Å². The topological polar surface area (TPSA) is 42.3 Å². The van der Waals surface area contributed by atoms with Crippen LogP contribution in [0, 0.1) is 5.82 Å².